The van der Waals surface area contributed by atoms with Crippen molar-refractivity contribution in [2.24, 2.45) is 11.7 Å². The topological polar surface area (TPSA) is 147 Å². The molecule has 5 unspecified atom stereocenters. The molecule has 30 heavy (non-hydrogen) atoms. The number of carbonyl (C=O) groups excluding carboxylic acids is 1. The fourth-order valence-corrected chi connectivity index (χ4v) is 4.72. The van der Waals surface area contributed by atoms with E-state index in [0.717, 1.165) is 6.42 Å². The van der Waals surface area contributed by atoms with Gasteiger partial charge in [-0.2, -0.15) is 0 Å². The summed E-state index contributed by atoms with van der Waals surface area (Å²) in [5, 5.41) is 31.3. The molecule has 2 aliphatic heterocycles. The maximum Gasteiger partial charge on any atom is 0.239 e. The smallest absolute Gasteiger partial charge is 0.239 e. The Kier molecular flexibility index (Phi) is 7.41. The van der Waals surface area contributed by atoms with Crippen molar-refractivity contribution in [3.8, 4) is 0 Å². The molecule has 11 atom stereocenters. The second-order valence-electron chi connectivity index (χ2n) is 8.93. The van der Waals surface area contributed by atoms with Crippen LogP contribution < -0.4 is 21.7 Å². The number of fused-ring (bicyclic) bond motifs is 2. The van der Waals surface area contributed by atoms with Gasteiger partial charge in [0.1, 0.15) is 6.10 Å². The first kappa shape index (κ1) is 23.8. The number of hydrogen-bond donors (Lipinski definition) is 6. The molecule has 0 aromatic rings. The van der Waals surface area contributed by atoms with Crippen molar-refractivity contribution in [2.45, 2.75) is 101 Å². The van der Waals surface area contributed by atoms with E-state index in [4.69, 9.17) is 19.9 Å². The quantitative estimate of drug-likeness (QED) is 0.293. The van der Waals surface area contributed by atoms with E-state index < -0.39 is 48.5 Å². The van der Waals surface area contributed by atoms with Crippen LogP contribution in [-0.4, -0.2) is 90.9 Å². The Bertz CT molecular complexity index is 612. The van der Waals surface area contributed by atoms with Gasteiger partial charge in [0.05, 0.1) is 36.4 Å². The summed E-state index contributed by atoms with van der Waals surface area (Å²) in [5.41, 5.74) is 6.09. The lowest BCUT2D eigenvalue weighted by molar-refractivity contribution is -0.442. The number of aliphatic hydroxyl groups excluding tert-OH is 1. The summed E-state index contributed by atoms with van der Waals surface area (Å²) in [6.07, 6.45) is -1.44. The van der Waals surface area contributed by atoms with Crippen molar-refractivity contribution in [2.75, 3.05) is 14.1 Å². The van der Waals surface area contributed by atoms with Crippen LogP contribution in [0.4, 0.5) is 0 Å². The minimum atomic E-state index is -1.89. The molecule has 3 aliphatic rings. The average molecular weight is 431 g/mol. The first-order chi connectivity index (χ1) is 14.2. The molecule has 0 radical (unpaired) electrons. The van der Waals surface area contributed by atoms with E-state index in [9.17, 15) is 15.0 Å². The van der Waals surface area contributed by atoms with E-state index in [1.54, 1.807) is 14.1 Å². The normalized spacial score (nSPS) is 45.7. The van der Waals surface area contributed by atoms with E-state index in [0.29, 0.717) is 12.8 Å². The van der Waals surface area contributed by atoms with Gasteiger partial charge in [0.15, 0.2) is 0 Å². The molecule has 0 aromatic heterocycles. The minimum absolute atomic E-state index is 0.00116. The van der Waals surface area contributed by atoms with Crippen LogP contribution in [0.5, 0.6) is 0 Å². The Balaban J connectivity index is 1.82. The SMILES string of the molecule is CC[C@H](C)C(N)C(=O)N[C@@H]1C[C@@H](C)OC2OC3C[C@H](NC)[C@H](O)C(NC)C3O[C@]21O. The molecule has 0 bridgehead atoms. The zero-order chi connectivity index (χ0) is 22.2. The number of nitrogens with one attached hydrogen (secondary N) is 3. The maximum absolute atomic E-state index is 12.7. The van der Waals surface area contributed by atoms with Gasteiger partial charge < -0.3 is 46.1 Å². The molecule has 7 N–H and O–H groups in total. The van der Waals surface area contributed by atoms with E-state index in [2.05, 4.69) is 16.0 Å². The largest absolute Gasteiger partial charge is 0.390 e. The molecule has 3 fully saturated rings. The number of likely N-dealkylation sites (N-methyl/N-ethyl adjacent to an activating group) is 2. The number of rotatable bonds is 6. The molecule has 2 heterocycles. The maximum atomic E-state index is 12.7. The molecule has 1 amide bonds. The van der Waals surface area contributed by atoms with Crippen LogP contribution in [0, 0.1) is 5.92 Å². The van der Waals surface area contributed by atoms with E-state index >= 15 is 0 Å². The summed E-state index contributed by atoms with van der Waals surface area (Å²) >= 11 is 0. The number of nitrogens with two attached hydrogens (primary N) is 1. The fraction of sp³-hybridized carbons (Fsp3) is 0.950. The van der Waals surface area contributed by atoms with Crippen molar-refractivity contribution < 1.29 is 29.2 Å². The molecule has 1 aliphatic carbocycles. The summed E-state index contributed by atoms with van der Waals surface area (Å²) in [6.45, 7) is 5.75. The van der Waals surface area contributed by atoms with Gasteiger partial charge in [-0.15, -0.1) is 0 Å². The predicted octanol–water partition coefficient (Wildman–Crippen LogP) is -1.61. The van der Waals surface area contributed by atoms with Crippen molar-refractivity contribution in [3.05, 3.63) is 0 Å². The monoisotopic (exact) mass is 430 g/mol. The Labute approximate surface area is 178 Å². The molecule has 10 nitrogen and oxygen atoms in total. The lowest BCUT2D eigenvalue weighted by Gasteiger charge is -2.57. The van der Waals surface area contributed by atoms with Gasteiger partial charge in [-0.1, -0.05) is 20.3 Å². The Morgan fingerprint density at radius 1 is 1.27 bits per heavy atom. The lowest BCUT2D eigenvalue weighted by atomic mass is 9.81. The van der Waals surface area contributed by atoms with Crippen LogP contribution in [0.1, 0.15) is 40.0 Å². The highest BCUT2D eigenvalue weighted by atomic mass is 16.8. The van der Waals surface area contributed by atoms with Gasteiger partial charge in [-0.05, 0) is 39.8 Å². The minimum Gasteiger partial charge on any atom is -0.390 e. The summed E-state index contributed by atoms with van der Waals surface area (Å²) in [5.74, 6) is -2.23. The van der Waals surface area contributed by atoms with Crippen LogP contribution >= 0.6 is 0 Å². The molecule has 2 saturated heterocycles. The highest BCUT2D eigenvalue weighted by Gasteiger charge is 2.61. The van der Waals surface area contributed by atoms with E-state index in [1.165, 1.54) is 0 Å². The van der Waals surface area contributed by atoms with Crippen LogP contribution in [0.15, 0.2) is 0 Å². The summed E-state index contributed by atoms with van der Waals surface area (Å²) in [7, 11) is 3.51. The fourth-order valence-electron chi connectivity index (χ4n) is 4.72. The third-order valence-electron chi connectivity index (χ3n) is 6.95. The molecule has 0 spiro atoms. The number of aliphatic hydroxyl groups is 2. The van der Waals surface area contributed by atoms with Crippen LogP contribution in [-0.2, 0) is 19.0 Å². The first-order valence-electron chi connectivity index (χ1n) is 11.0. The second kappa shape index (κ2) is 9.33. The first-order valence-corrected chi connectivity index (χ1v) is 11.0. The Hall–Kier alpha value is -0.850. The lowest BCUT2D eigenvalue weighted by Crippen LogP contribution is -2.76. The molecule has 3 rings (SSSR count). The molecule has 1 saturated carbocycles. The third kappa shape index (κ3) is 4.24. The summed E-state index contributed by atoms with van der Waals surface area (Å²) < 4.78 is 18.2. The number of amides is 1. The van der Waals surface area contributed by atoms with Crippen molar-refractivity contribution in [3.63, 3.8) is 0 Å². The van der Waals surface area contributed by atoms with Crippen molar-refractivity contribution in [1.29, 1.82) is 0 Å². The van der Waals surface area contributed by atoms with Crippen LogP contribution in [0.25, 0.3) is 0 Å². The summed E-state index contributed by atoms with van der Waals surface area (Å²) in [4.78, 5) is 12.7. The molecular weight excluding hydrogens is 392 g/mol. The molecule has 0 aromatic carbocycles. The van der Waals surface area contributed by atoms with Gasteiger partial charge in [-0.3, -0.25) is 4.79 Å². The Morgan fingerprint density at radius 3 is 2.57 bits per heavy atom. The van der Waals surface area contributed by atoms with Crippen molar-refractivity contribution >= 4 is 5.91 Å². The number of ether oxygens (including phenoxy) is 3. The van der Waals surface area contributed by atoms with Crippen LogP contribution in [0.3, 0.4) is 0 Å². The van der Waals surface area contributed by atoms with Crippen LogP contribution in [0.2, 0.25) is 0 Å². The number of hydrogen-bond acceptors (Lipinski definition) is 9. The number of carbonyl (C=O) groups is 1. The second-order valence-corrected chi connectivity index (χ2v) is 8.93. The molecule has 174 valence electrons. The van der Waals surface area contributed by atoms with E-state index in [-0.39, 0.29) is 24.0 Å². The van der Waals surface area contributed by atoms with Crippen molar-refractivity contribution in [1.82, 2.24) is 16.0 Å². The average Bonchev–Trinajstić information content (AvgIpc) is 2.72. The van der Waals surface area contributed by atoms with Gasteiger partial charge >= 0.3 is 0 Å². The zero-order valence-corrected chi connectivity index (χ0v) is 18.5. The van der Waals surface area contributed by atoms with Gasteiger partial charge in [0.25, 0.3) is 0 Å². The summed E-state index contributed by atoms with van der Waals surface area (Å²) in [6, 6.07) is -2.11. The Morgan fingerprint density at radius 2 is 1.97 bits per heavy atom. The zero-order valence-electron chi connectivity index (χ0n) is 18.5. The predicted molar refractivity (Wildman–Crippen MR) is 109 cm³/mol. The van der Waals surface area contributed by atoms with Gasteiger partial charge in [0, 0.05) is 6.04 Å². The van der Waals surface area contributed by atoms with Gasteiger partial charge in [-0.25, -0.2) is 0 Å². The highest BCUT2D eigenvalue weighted by molar-refractivity contribution is 5.82. The van der Waals surface area contributed by atoms with E-state index in [1.807, 2.05) is 20.8 Å². The standard InChI is InChI=1S/C20H38N4O6/c1-6-9(2)14(21)18(26)24-13-7-10(3)28-19-20(13,27)30-17-12(29-19)8-11(22-4)16(25)15(17)23-5/h9-17,19,22-23,25,27H,6-8,21H2,1-5H3,(H,24,26)/t9-,10+,11-,12?,13+,14?,15?,16-,17?,19?,20-/m0/s1. The molecule has 10 heteroatoms. The van der Waals surface area contributed by atoms with Gasteiger partial charge in [0.2, 0.25) is 18.0 Å². The molecular formula is C20H38N4O6. The third-order valence-corrected chi connectivity index (χ3v) is 6.95. The highest BCUT2D eigenvalue weighted by Crippen LogP contribution is 2.41.